The molecule has 0 radical (unpaired) electrons. The minimum Gasteiger partial charge on any atom is -0.506 e. The molecular weight excluding hydrogens is 216 g/mol. The quantitative estimate of drug-likeness (QED) is 0.538. The third kappa shape index (κ3) is 4.63. The first-order valence-corrected chi connectivity index (χ1v) is 5.84. The van der Waals surface area contributed by atoms with Crippen molar-refractivity contribution >= 4 is 5.69 Å². The van der Waals surface area contributed by atoms with Crippen molar-refractivity contribution in [2.45, 2.75) is 32.9 Å². The molecule has 0 bridgehead atoms. The fraction of sp³-hybridized carbons (Fsp3) is 0.538. The Morgan fingerprint density at radius 3 is 2.47 bits per heavy atom. The molecule has 4 N–H and O–H groups in total. The second-order valence-corrected chi connectivity index (χ2v) is 5.01. The van der Waals surface area contributed by atoms with E-state index in [0.29, 0.717) is 18.8 Å². The van der Waals surface area contributed by atoms with Crippen molar-refractivity contribution in [1.82, 2.24) is 4.90 Å². The fourth-order valence-electron chi connectivity index (χ4n) is 1.79. The summed E-state index contributed by atoms with van der Waals surface area (Å²) < 4.78 is 0. The van der Waals surface area contributed by atoms with Crippen molar-refractivity contribution in [3.63, 3.8) is 0 Å². The summed E-state index contributed by atoms with van der Waals surface area (Å²) in [5.74, 6) is 0.110. The lowest BCUT2D eigenvalue weighted by atomic mass is 10.1. The van der Waals surface area contributed by atoms with Gasteiger partial charge in [-0.1, -0.05) is 13.0 Å². The molecule has 1 aromatic carbocycles. The Morgan fingerprint density at radius 2 is 2.00 bits per heavy atom. The Balaban J connectivity index is 2.70. The van der Waals surface area contributed by atoms with Crippen LogP contribution in [0.5, 0.6) is 5.75 Å². The standard InChI is InChI=1S/C13H22N2O2/c1-4-15(9-13(2,3)17)8-10-5-6-12(16)11(14)7-10/h5-7,16-17H,4,8-9,14H2,1-3H3. The van der Waals surface area contributed by atoms with Gasteiger partial charge in [-0.2, -0.15) is 0 Å². The molecule has 1 aromatic rings. The van der Waals surface area contributed by atoms with Crippen LogP contribution in [0.2, 0.25) is 0 Å². The lowest BCUT2D eigenvalue weighted by Crippen LogP contribution is -2.38. The third-order valence-corrected chi connectivity index (χ3v) is 2.56. The van der Waals surface area contributed by atoms with Gasteiger partial charge >= 0.3 is 0 Å². The fourth-order valence-corrected chi connectivity index (χ4v) is 1.79. The Labute approximate surface area is 103 Å². The highest BCUT2D eigenvalue weighted by Crippen LogP contribution is 2.21. The van der Waals surface area contributed by atoms with Gasteiger partial charge in [-0.05, 0) is 38.1 Å². The molecule has 4 heteroatoms. The van der Waals surface area contributed by atoms with E-state index in [0.717, 1.165) is 12.1 Å². The minimum atomic E-state index is -0.710. The summed E-state index contributed by atoms with van der Waals surface area (Å²) >= 11 is 0. The Bertz CT molecular complexity index is 372. The molecule has 96 valence electrons. The van der Waals surface area contributed by atoms with Crippen LogP contribution in [0.15, 0.2) is 18.2 Å². The molecular formula is C13H22N2O2. The van der Waals surface area contributed by atoms with Gasteiger partial charge in [0.25, 0.3) is 0 Å². The number of aromatic hydroxyl groups is 1. The first-order chi connectivity index (χ1) is 7.81. The van der Waals surface area contributed by atoms with Gasteiger partial charge in [0.15, 0.2) is 0 Å². The van der Waals surface area contributed by atoms with Crippen LogP contribution in [0.3, 0.4) is 0 Å². The van der Waals surface area contributed by atoms with E-state index < -0.39 is 5.60 Å². The van der Waals surface area contributed by atoms with E-state index in [4.69, 9.17) is 5.73 Å². The summed E-state index contributed by atoms with van der Waals surface area (Å²) in [6.07, 6.45) is 0. The zero-order valence-corrected chi connectivity index (χ0v) is 10.8. The molecule has 1 rings (SSSR count). The van der Waals surface area contributed by atoms with Crippen LogP contribution in [0, 0.1) is 0 Å². The molecule has 0 heterocycles. The molecule has 0 aliphatic rings. The monoisotopic (exact) mass is 238 g/mol. The largest absolute Gasteiger partial charge is 0.506 e. The summed E-state index contributed by atoms with van der Waals surface area (Å²) in [7, 11) is 0. The van der Waals surface area contributed by atoms with Crippen LogP contribution >= 0.6 is 0 Å². The molecule has 0 fully saturated rings. The molecule has 0 atom stereocenters. The first kappa shape index (κ1) is 13.8. The predicted molar refractivity (Wildman–Crippen MR) is 69.8 cm³/mol. The normalized spacial score (nSPS) is 12.1. The predicted octanol–water partition coefficient (Wildman–Crippen LogP) is 1.57. The van der Waals surface area contributed by atoms with Gasteiger partial charge in [-0.3, -0.25) is 4.90 Å². The van der Waals surface area contributed by atoms with Crippen molar-refractivity contribution in [3.8, 4) is 5.75 Å². The number of nitrogens with two attached hydrogens (primary N) is 1. The number of hydrogen-bond donors (Lipinski definition) is 3. The minimum absolute atomic E-state index is 0.110. The van der Waals surface area contributed by atoms with Crippen LogP contribution in [0.1, 0.15) is 26.3 Å². The highest BCUT2D eigenvalue weighted by Gasteiger charge is 2.17. The number of phenols is 1. The average Bonchev–Trinajstić information content (AvgIpc) is 2.20. The van der Waals surface area contributed by atoms with E-state index in [1.807, 2.05) is 6.07 Å². The van der Waals surface area contributed by atoms with Crippen LogP contribution in [-0.4, -0.2) is 33.8 Å². The molecule has 0 aliphatic heterocycles. The average molecular weight is 238 g/mol. The van der Waals surface area contributed by atoms with E-state index in [2.05, 4.69) is 11.8 Å². The number of hydrogen-bond acceptors (Lipinski definition) is 4. The number of likely N-dealkylation sites (N-methyl/N-ethyl adjacent to an activating group) is 1. The first-order valence-electron chi connectivity index (χ1n) is 5.84. The van der Waals surface area contributed by atoms with Crippen LogP contribution in [0.4, 0.5) is 5.69 Å². The van der Waals surface area contributed by atoms with E-state index in [1.54, 1.807) is 26.0 Å². The highest BCUT2D eigenvalue weighted by atomic mass is 16.3. The van der Waals surface area contributed by atoms with Crippen molar-refractivity contribution in [2.24, 2.45) is 0 Å². The van der Waals surface area contributed by atoms with Crippen LogP contribution in [-0.2, 0) is 6.54 Å². The van der Waals surface area contributed by atoms with Gasteiger partial charge in [0.1, 0.15) is 5.75 Å². The molecule has 4 nitrogen and oxygen atoms in total. The molecule has 17 heavy (non-hydrogen) atoms. The molecule has 0 saturated heterocycles. The van der Waals surface area contributed by atoms with Gasteiger partial charge in [-0.25, -0.2) is 0 Å². The molecule has 0 aromatic heterocycles. The van der Waals surface area contributed by atoms with Gasteiger partial charge in [0, 0.05) is 13.1 Å². The summed E-state index contributed by atoms with van der Waals surface area (Å²) in [6, 6.07) is 5.21. The lowest BCUT2D eigenvalue weighted by Gasteiger charge is -2.28. The Morgan fingerprint density at radius 1 is 1.35 bits per heavy atom. The van der Waals surface area contributed by atoms with Gasteiger partial charge in [-0.15, -0.1) is 0 Å². The summed E-state index contributed by atoms with van der Waals surface area (Å²) in [4.78, 5) is 2.13. The maximum absolute atomic E-state index is 9.79. The van der Waals surface area contributed by atoms with Crippen molar-refractivity contribution in [3.05, 3.63) is 23.8 Å². The Kier molecular flexibility index (Phi) is 4.37. The second kappa shape index (κ2) is 5.38. The van der Waals surface area contributed by atoms with E-state index in [-0.39, 0.29) is 5.75 Å². The number of nitrogen functional groups attached to an aromatic ring is 1. The van der Waals surface area contributed by atoms with E-state index in [1.165, 1.54) is 0 Å². The SMILES string of the molecule is CCN(Cc1ccc(O)c(N)c1)CC(C)(C)O. The van der Waals surface area contributed by atoms with Gasteiger partial charge in [0.05, 0.1) is 11.3 Å². The molecule has 0 unspecified atom stereocenters. The van der Waals surface area contributed by atoms with E-state index in [9.17, 15) is 10.2 Å². The molecule has 0 spiro atoms. The summed E-state index contributed by atoms with van der Waals surface area (Å²) in [5.41, 5.74) is 6.36. The van der Waals surface area contributed by atoms with Gasteiger partial charge in [0.2, 0.25) is 0 Å². The second-order valence-electron chi connectivity index (χ2n) is 5.01. The number of nitrogens with zero attached hydrogens (tertiary/aromatic N) is 1. The molecule has 0 saturated carbocycles. The topological polar surface area (TPSA) is 69.7 Å². The smallest absolute Gasteiger partial charge is 0.138 e. The highest BCUT2D eigenvalue weighted by molar-refractivity contribution is 5.53. The number of aliphatic hydroxyl groups is 1. The van der Waals surface area contributed by atoms with Crippen molar-refractivity contribution < 1.29 is 10.2 Å². The van der Waals surface area contributed by atoms with Gasteiger partial charge < -0.3 is 15.9 Å². The molecule has 0 amide bonds. The third-order valence-electron chi connectivity index (χ3n) is 2.56. The maximum Gasteiger partial charge on any atom is 0.138 e. The summed E-state index contributed by atoms with van der Waals surface area (Å²) in [6.45, 7) is 7.80. The number of anilines is 1. The lowest BCUT2D eigenvalue weighted by molar-refractivity contribution is 0.0353. The Hall–Kier alpha value is -1.26. The zero-order valence-electron chi connectivity index (χ0n) is 10.8. The molecule has 0 aliphatic carbocycles. The number of phenolic OH excluding ortho intramolecular Hbond substituents is 1. The maximum atomic E-state index is 9.79. The van der Waals surface area contributed by atoms with Crippen LogP contribution in [0.25, 0.3) is 0 Å². The van der Waals surface area contributed by atoms with Crippen LogP contribution < -0.4 is 5.73 Å². The van der Waals surface area contributed by atoms with Crippen molar-refractivity contribution in [1.29, 1.82) is 0 Å². The zero-order chi connectivity index (χ0) is 13.1. The number of benzene rings is 1. The summed E-state index contributed by atoms with van der Waals surface area (Å²) in [5, 5.41) is 19.1. The van der Waals surface area contributed by atoms with E-state index >= 15 is 0 Å². The van der Waals surface area contributed by atoms with Crippen molar-refractivity contribution in [2.75, 3.05) is 18.8 Å². The number of rotatable bonds is 5.